The summed E-state index contributed by atoms with van der Waals surface area (Å²) < 4.78 is 5.81. The van der Waals surface area contributed by atoms with Crippen molar-refractivity contribution in [3.05, 3.63) is 65.7 Å². The first-order valence-corrected chi connectivity index (χ1v) is 5.76. The highest BCUT2D eigenvalue weighted by Gasteiger charge is 2.05. The highest BCUT2D eigenvalue weighted by molar-refractivity contribution is 5.39. The molecule has 2 N–H and O–H groups in total. The van der Waals surface area contributed by atoms with Crippen molar-refractivity contribution in [3.63, 3.8) is 0 Å². The van der Waals surface area contributed by atoms with Crippen LogP contribution in [-0.4, -0.2) is 0 Å². The number of hydrogen-bond acceptors (Lipinski definition) is 2. The molecule has 0 aliphatic carbocycles. The fourth-order valence-electron chi connectivity index (χ4n) is 1.66. The molecule has 2 nitrogen and oxygen atoms in total. The average Bonchev–Trinajstić information content (AvgIpc) is 2.38. The molecule has 2 aromatic rings. The minimum absolute atomic E-state index is 0.0795. The lowest BCUT2D eigenvalue weighted by Crippen LogP contribution is -2.00. The quantitative estimate of drug-likeness (QED) is 0.811. The van der Waals surface area contributed by atoms with Crippen molar-refractivity contribution >= 4 is 5.69 Å². The van der Waals surface area contributed by atoms with Crippen molar-refractivity contribution in [2.24, 2.45) is 0 Å². The molecular formula is C15H17NO. The third-order valence-electron chi connectivity index (χ3n) is 2.75. The van der Waals surface area contributed by atoms with Crippen LogP contribution in [0.2, 0.25) is 0 Å². The summed E-state index contributed by atoms with van der Waals surface area (Å²) in [6.45, 7) is 2.68. The molecule has 0 radical (unpaired) electrons. The summed E-state index contributed by atoms with van der Waals surface area (Å²) in [5, 5.41) is 0. The van der Waals surface area contributed by atoms with Gasteiger partial charge in [0.25, 0.3) is 0 Å². The molecule has 1 atom stereocenters. The van der Waals surface area contributed by atoms with Gasteiger partial charge in [-0.1, -0.05) is 42.5 Å². The average molecular weight is 227 g/mol. The fourth-order valence-corrected chi connectivity index (χ4v) is 1.66. The summed E-state index contributed by atoms with van der Waals surface area (Å²) >= 11 is 0. The zero-order valence-corrected chi connectivity index (χ0v) is 9.97. The largest absolute Gasteiger partial charge is 0.399 e. The summed E-state index contributed by atoms with van der Waals surface area (Å²) in [7, 11) is 0. The monoisotopic (exact) mass is 227 g/mol. The third-order valence-corrected chi connectivity index (χ3v) is 2.75. The van der Waals surface area contributed by atoms with Gasteiger partial charge in [0.15, 0.2) is 0 Å². The van der Waals surface area contributed by atoms with Gasteiger partial charge < -0.3 is 10.5 Å². The second-order valence-electron chi connectivity index (χ2n) is 4.11. The minimum atomic E-state index is 0.0795. The SMILES string of the molecule is CC(OCc1ccccc1)c1ccc(N)cc1. The van der Waals surface area contributed by atoms with Crippen LogP contribution in [0.4, 0.5) is 5.69 Å². The number of hydrogen-bond donors (Lipinski definition) is 1. The Morgan fingerprint density at radius 1 is 1.00 bits per heavy atom. The zero-order valence-electron chi connectivity index (χ0n) is 9.97. The number of anilines is 1. The van der Waals surface area contributed by atoms with Crippen LogP contribution in [-0.2, 0) is 11.3 Å². The second-order valence-corrected chi connectivity index (χ2v) is 4.11. The molecule has 0 heterocycles. The predicted octanol–water partition coefficient (Wildman–Crippen LogP) is 3.55. The van der Waals surface area contributed by atoms with Crippen LogP contribution in [0.25, 0.3) is 0 Å². The van der Waals surface area contributed by atoms with E-state index in [0.717, 1.165) is 11.3 Å². The molecule has 2 rings (SSSR count). The van der Waals surface area contributed by atoms with Crippen LogP contribution in [0.15, 0.2) is 54.6 Å². The van der Waals surface area contributed by atoms with Crippen LogP contribution in [0.5, 0.6) is 0 Å². The van der Waals surface area contributed by atoms with Crippen molar-refractivity contribution in [2.45, 2.75) is 19.6 Å². The van der Waals surface area contributed by atoms with E-state index in [9.17, 15) is 0 Å². The summed E-state index contributed by atoms with van der Waals surface area (Å²) in [6.07, 6.45) is 0.0795. The maximum Gasteiger partial charge on any atom is 0.0801 e. The molecule has 2 heteroatoms. The number of nitrogens with two attached hydrogens (primary N) is 1. The lowest BCUT2D eigenvalue weighted by molar-refractivity contribution is 0.0526. The van der Waals surface area contributed by atoms with Gasteiger partial charge in [-0.15, -0.1) is 0 Å². The van der Waals surface area contributed by atoms with Crippen LogP contribution in [0, 0.1) is 0 Å². The van der Waals surface area contributed by atoms with Crippen LogP contribution in [0.3, 0.4) is 0 Å². The second kappa shape index (κ2) is 5.51. The Kier molecular flexibility index (Phi) is 3.78. The van der Waals surface area contributed by atoms with Gasteiger partial charge in [-0.25, -0.2) is 0 Å². The third kappa shape index (κ3) is 3.33. The van der Waals surface area contributed by atoms with E-state index in [0.29, 0.717) is 6.61 Å². The lowest BCUT2D eigenvalue weighted by Gasteiger charge is -2.13. The fraction of sp³-hybridized carbons (Fsp3) is 0.200. The topological polar surface area (TPSA) is 35.2 Å². The zero-order chi connectivity index (χ0) is 12.1. The van der Waals surface area contributed by atoms with E-state index >= 15 is 0 Å². The lowest BCUT2D eigenvalue weighted by atomic mass is 10.1. The van der Waals surface area contributed by atoms with E-state index in [-0.39, 0.29) is 6.10 Å². The van der Waals surface area contributed by atoms with Gasteiger partial charge in [0.1, 0.15) is 0 Å². The van der Waals surface area contributed by atoms with Crippen molar-refractivity contribution < 1.29 is 4.74 Å². The van der Waals surface area contributed by atoms with Gasteiger partial charge >= 0.3 is 0 Å². The standard InChI is InChI=1S/C15H17NO/c1-12(14-7-9-15(16)10-8-14)17-11-13-5-3-2-4-6-13/h2-10,12H,11,16H2,1H3. The van der Waals surface area contributed by atoms with Crippen molar-refractivity contribution in [3.8, 4) is 0 Å². The normalized spacial score (nSPS) is 12.3. The Bertz CT molecular complexity index is 450. The Morgan fingerprint density at radius 2 is 1.65 bits per heavy atom. The molecule has 0 fully saturated rings. The highest BCUT2D eigenvalue weighted by atomic mass is 16.5. The highest BCUT2D eigenvalue weighted by Crippen LogP contribution is 2.19. The molecule has 0 amide bonds. The first kappa shape index (κ1) is 11.7. The van der Waals surface area contributed by atoms with E-state index in [1.807, 2.05) is 42.5 Å². The summed E-state index contributed by atoms with van der Waals surface area (Å²) in [4.78, 5) is 0. The Morgan fingerprint density at radius 3 is 2.29 bits per heavy atom. The van der Waals surface area contributed by atoms with E-state index in [1.54, 1.807) is 0 Å². The van der Waals surface area contributed by atoms with Gasteiger partial charge in [0.2, 0.25) is 0 Å². The Labute approximate surface area is 102 Å². The smallest absolute Gasteiger partial charge is 0.0801 e. The Hall–Kier alpha value is -1.80. The Balaban J connectivity index is 1.93. The molecule has 0 saturated carbocycles. The van der Waals surface area contributed by atoms with Gasteiger partial charge in [0.05, 0.1) is 12.7 Å². The molecule has 0 spiro atoms. The maximum atomic E-state index is 5.81. The summed E-state index contributed by atoms with van der Waals surface area (Å²) in [6, 6.07) is 18.0. The molecular weight excluding hydrogens is 210 g/mol. The van der Waals surface area contributed by atoms with Gasteiger partial charge in [-0.2, -0.15) is 0 Å². The molecule has 0 aromatic heterocycles. The predicted molar refractivity (Wildman–Crippen MR) is 70.5 cm³/mol. The number of rotatable bonds is 4. The van der Waals surface area contributed by atoms with Crippen LogP contribution in [0.1, 0.15) is 24.2 Å². The number of nitrogen functional groups attached to an aromatic ring is 1. The molecule has 0 aliphatic rings. The molecule has 0 bridgehead atoms. The molecule has 2 aromatic carbocycles. The van der Waals surface area contributed by atoms with E-state index < -0.39 is 0 Å². The van der Waals surface area contributed by atoms with Crippen LogP contribution < -0.4 is 5.73 Å². The van der Waals surface area contributed by atoms with Crippen molar-refractivity contribution in [1.82, 2.24) is 0 Å². The van der Waals surface area contributed by atoms with Gasteiger partial charge in [0, 0.05) is 5.69 Å². The summed E-state index contributed by atoms with van der Waals surface area (Å²) in [5.74, 6) is 0. The molecule has 17 heavy (non-hydrogen) atoms. The van der Waals surface area contributed by atoms with Crippen LogP contribution >= 0.6 is 0 Å². The maximum absolute atomic E-state index is 5.81. The summed E-state index contributed by atoms with van der Waals surface area (Å²) in [5.41, 5.74) is 8.77. The number of ether oxygens (including phenoxy) is 1. The molecule has 88 valence electrons. The van der Waals surface area contributed by atoms with Gasteiger partial charge in [-0.3, -0.25) is 0 Å². The first-order valence-electron chi connectivity index (χ1n) is 5.76. The number of benzene rings is 2. The molecule has 1 unspecified atom stereocenters. The van der Waals surface area contributed by atoms with Crippen molar-refractivity contribution in [1.29, 1.82) is 0 Å². The first-order chi connectivity index (χ1) is 8.25. The van der Waals surface area contributed by atoms with Crippen molar-refractivity contribution in [2.75, 3.05) is 5.73 Å². The minimum Gasteiger partial charge on any atom is -0.399 e. The van der Waals surface area contributed by atoms with Gasteiger partial charge in [-0.05, 0) is 30.2 Å². The molecule has 0 saturated heterocycles. The van der Waals surface area contributed by atoms with E-state index in [4.69, 9.17) is 10.5 Å². The van der Waals surface area contributed by atoms with E-state index in [1.165, 1.54) is 5.56 Å². The molecule has 0 aliphatic heterocycles. The van der Waals surface area contributed by atoms with E-state index in [2.05, 4.69) is 19.1 Å².